The summed E-state index contributed by atoms with van der Waals surface area (Å²) in [6, 6.07) is -0.808. The van der Waals surface area contributed by atoms with E-state index in [9.17, 15) is 20.1 Å². The van der Waals surface area contributed by atoms with Gasteiger partial charge in [-0.2, -0.15) is 0 Å². The first-order valence-electron chi connectivity index (χ1n) is 32.1. The first-order valence-corrected chi connectivity index (χ1v) is 32.1. The summed E-state index contributed by atoms with van der Waals surface area (Å²) in [4.78, 5) is 12.6. The van der Waals surface area contributed by atoms with E-state index in [0.717, 1.165) is 38.5 Å². The minimum Gasteiger partial charge on any atom is -0.394 e. The topological polar surface area (TPSA) is 89.8 Å². The quantitative estimate of drug-likeness (QED) is 0.0361. The minimum absolute atomic E-state index is 0.138. The van der Waals surface area contributed by atoms with Crippen molar-refractivity contribution in [3.8, 4) is 0 Å². The monoisotopic (exact) mass is 986 g/mol. The highest BCUT2D eigenvalue weighted by molar-refractivity contribution is 5.76. The van der Waals surface area contributed by atoms with Gasteiger partial charge in [0.1, 0.15) is 6.10 Å². The number of rotatable bonds is 60. The van der Waals surface area contributed by atoms with Gasteiger partial charge in [-0.3, -0.25) is 4.79 Å². The average Bonchev–Trinajstić information content (AvgIpc) is 3.36. The van der Waals surface area contributed by atoms with Crippen molar-refractivity contribution >= 4 is 5.91 Å². The van der Waals surface area contributed by atoms with Gasteiger partial charge in [0.05, 0.1) is 18.8 Å². The molecule has 0 spiro atoms. The number of amides is 1. The Labute approximate surface area is 439 Å². The van der Waals surface area contributed by atoms with Crippen LogP contribution in [0.25, 0.3) is 0 Å². The Morgan fingerprint density at radius 2 is 0.614 bits per heavy atom. The number of aliphatic hydroxyl groups excluding tert-OH is 3. The largest absolute Gasteiger partial charge is 0.394 e. The van der Waals surface area contributed by atoms with Crippen molar-refractivity contribution in [1.29, 1.82) is 0 Å². The number of carbonyl (C=O) groups excluding carboxylic acids is 1. The molecule has 0 aliphatic rings. The van der Waals surface area contributed by atoms with Gasteiger partial charge in [-0.15, -0.1) is 0 Å². The predicted octanol–water partition coefficient (Wildman–Crippen LogP) is 20.4. The van der Waals surface area contributed by atoms with Crippen molar-refractivity contribution in [1.82, 2.24) is 5.32 Å². The van der Waals surface area contributed by atoms with Gasteiger partial charge < -0.3 is 20.6 Å². The maximum Gasteiger partial charge on any atom is 0.220 e. The summed E-state index contributed by atoms with van der Waals surface area (Å²) in [6.07, 6.45) is 78.0. The molecule has 0 fully saturated rings. The third kappa shape index (κ3) is 54.6. The Hall–Kier alpha value is -1.17. The smallest absolute Gasteiger partial charge is 0.220 e. The molecule has 0 aromatic rings. The zero-order chi connectivity index (χ0) is 50.7. The van der Waals surface area contributed by atoms with Gasteiger partial charge in [0.2, 0.25) is 5.91 Å². The van der Waals surface area contributed by atoms with E-state index < -0.39 is 18.2 Å². The van der Waals surface area contributed by atoms with E-state index in [4.69, 9.17) is 0 Å². The van der Waals surface area contributed by atoms with Crippen LogP contribution in [-0.2, 0) is 4.79 Å². The molecule has 1 amide bonds. The number of allylic oxidation sites excluding steroid dienone is 4. The van der Waals surface area contributed by atoms with Crippen LogP contribution >= 0.6 is 0 Å². The maximum absolute atomic E-state index is 12.6. The highest BCUT2D eigenvalue weighted by Crippen LogP contribution is 2.19. The Balaban J connectivity index is 3.47. The van der Waals surface area contributed by atoms with Gasteiger partial charge in [0, 0.05) is 6.42 Å². The van der Waals surface area contributed by atoms with E-state index in [0.29, 0.717) is 12.8 Å². The molecular formula is C65H127NO4. The minimum atomic E-state index is -1.14. The predicted molar refractivity (Wildman–Crippen MR) is 310 cm³/mol. The molecule has 0 saturated heterocycles. The molecule has 4 N–H and O–H groups in total. The summed E-state index contributed by atoms with van der Waals surface area (Å²) >= 11 is 0. The third-order valence-electron chi connectivity index (χ3n) is 15.3. The van der Waals surface area contributed by atoms with Crippen LogP contribution in [0.1, 0.15) is 361 Å². The second kappa shape index (κ2) is 60.4. The number of aliphatic hydroxyl groups is 3. The molecule has 0 aliphatic heterocycles. The number of carbonyl (C=O) groups is 1. The average molecular weight is 987 g/mol. The molecule has 0 heterocycles. The molecule has 3 atom stereocenters. The van der Waals surface area contributed by atoms with Gasteiger partial charge in [-0.1, -0.05) is 334 Å². The van der Waals surface area contributed by atoms with Gasteiger partial charge >= 0.3 is 0 Å². The SMILES string of the molecule is CCCCCCCCCCCCC/C=C\C/C=C\CCCCCCCCCCCCCCCCCCCC(=O)NC(CO)C(O)C(O)CCCCCCCCCCCCCCCCCCCCCCC. The molecule has 0 radical (unpaired) electrons. The maximum atomic E-state index is 12.6. The fraction of sp³-hybridized carbons (Fsp3) is 0.923. The van der Waals surface area contributed by atoms with Gasteiger partial charge in [-0.05, 0) is 44.9 Å². The molecule has 0 aliphatic carbocycles. The van der Waals surface area contributed by atoms with Crippen LogP contribution in [0, 0.1) is 0 Å². The summed E-state index contributed by atoms with van der Waals surface area (Å²) in [5.41, 5.74) is 0. The summed E-state index contributed by atoms with van der Waals surface area (Å²) in [5.74, 6) is -0.138. The van der Waals surface area contributed by atoms with Gasteiger partial charge in [0.15, 0.2) is 0 Å². The van der Waals surface area contributed by atoms with E-state index >= 15 is 0 Å². The normalized spacial score (nSPS) is 13.3. The molecule has 5 nitrogen and oxygen atoms in total. The zero-order valence-corrected chi connectivity index (χ0v) is 47.7. The zero-order valence-electron chi connectivity index (χ0n) is 47.7. The van der Waals surface area contributed by atoms with E-state index in [1.165, 1.54) is 295 Å². The summed E-state index contributed by atoms with van der Waals surface area (Å²) in [6.45, 7) is 4.23. The lowest BCUT2D eigenvalue weighted by Crippen LogP contribution is -2.50. The molecule has 0 saturated carbocycles. The van der Waals surface area contributed by atoms with Gasteiger partial charge in [-0.25, -0.2) is 0 Å². The highest BCUT2D eigenvalue weighted by Gasteiger charge is 2.26. The molecule has 0 aromatic heterocycles. The van der Waals surface area contributed by atoms with Crippen molar-refractivity contribution in [2.75, 3.05) is 6.61 Å². The summed E-state index contributed by atoms with van der Waals surface area (Å²) < 4.78 is 0. The van der Waals surface area contributed by atoms with Crippen LogP contribution in [0.15, 0.2) is 24.3 Å². The Morgan fingerprint density at radius 1 is 0.357 bits per heavy atom. The van der Waals surface area contributed by atoms with Crippen LogP contribution in [-0.4, -0.2) is 46.1 Å². The fourth-order valence-corrected chi connectivity index (χ4v) is 10.4. The van der Waals surface area contributed by atoms with Crippen LogP contribution in [0.5, 0.6) is 0 Å². The summed E-state index contributed by atoms with van der Waals surface area (Å²) in [7, 11) is 0. The molecule has 0 bridgehead atoms. The van der Waals surface area contributed by atoms with Crippen molar-refractivity contribution in [2.45, 2.75) is 379 Å². The Morgan fingerprint density at radius 3 is 0.900 bits per heavy atom. The van der Waals surface area contributed by atoms with E-state index in [2.05, 4.69) is 43.5 Å². The highest BCUT2D eigenvalue weighted by atomic mass is 16.3. The van der Waals surface area contributed by atoms with Crippen LogP contribution in [0.4, 0.5) is 0 Å². The third-order valence-corrected chi connectivity index (χ3v) is 15.3. The molecule has 416 valence electrons. The Kier molecular flexibility index (Phi) is 59.4. The lowest BCUT2D eigenvalue weighted by Gasteiger charge is -2.26. The van der Waals surface area contributed by atoms with Gasteiger partial charge in [0.25, 0.3) is 0 Å². The van der Waals surface area contributed by atoms with Crippen molar-refractivity contribution < 1.29 is 20.1 Å². The molecule has 70 heavy (non-hydrogen) atoms. The van der Waals surface area contributed by atoms with Crippen molar-refractivity contribution in [3.05, 3.63) is 24.3 Å². The number of hydrogen-bond acceptors (Lipinski definition) is 4. The first kappa shape index (κ1) is 68.8. The molecule has 5 heteroatoms. The molecule has 3 unspecified atom stereocenters. The lowest BCUT2D eigenvalue weighted by molar-refractivity contribution is -0.124. The second-order valence-electron chi connectivity index (χ2n) is 22.3. The number of hydrogen-bond donors (Lipinski definition) is 4. The van der Waals surface area contributed by atoms with E-state index in [-0.39, 0.29) is 12.5 Å². The first-order chi connectivity index (χ1) is 34.6. The lowest BCUT2D eigenvalue weighted by atomic mass is 9.99. The Bertz CT molecular complexity index is 1040. The van der Waals surface area contributed by atoms with Crippen LogP contribution in [0.2, 0.25) is 0 Å². The van der Waals surface area contributed by atoms with Crippen LogP contribution in [0.3, 0.4) is 0 Å². The standard InChI is InChI=1S/C65H127NO4/c1-3-5-7-9-11-13-15-17-19-21-23-25-26-27-28-29-30-31-32-33-34-35-36-37-38-40-42-44-46-48-50-52-54-56-58-60-64(69)66-62(61-67)65(70)63(68)59-57-55-53-51-49-47-45-43-41-39-24-22-20-18-16-14-12-10-8-6-4-2/h26-27,29-30,62-63,65,67-68,70H,3-25,28,31-61H2,1-2H3,(H,66,69)/b27-26-,30-29-. The second-order valence-corrected chi connectivity index (χ2v) is 22.3. The summed E-state index contributed by atoms with van der Waals surface area (Å²) in [5, 5.41) is 33.9. The molecule has 0 aromatic carbocycles. The fourth-order valence-electron chi connectivity index (χ4n) is 10.4. The molecular weight excluding hydrogens is 859 g/mol. The number of nitrogens with one attached hydrogen (secondary N) is 1. The van der Waals surface area contributed by atoms with Crippen molar-refractivity contribution in [2.24, 2.45) is 0 Å². The molecule has 0 rings (SSSR count). The van der Waals surface area contributed by atoms with Crippen LogP contribution < -0.4 is 5.32 Å². The van der Waals surface area contributed by atoms with Crippen molar-refractivity contribution in [3.63, 3.8) is 0 Å². The van der Waals surface area contributed by atoms with E-state index in [1.54, 1.807) is 0 Å². The van der Waals surface area contributed by atoms with E-state index in [1.807, 2.05) is 0 Å². The number of unbranched alkanes of at least 4 members (excludes halogenated alkanes) is 48.